The maximum absolute atomic E-state index is 11.8. The molecule has 0 saturated carbocycles. The fraction of sp³-hybridized carbons (Fsp3) is 0.333. The third kappa shape index (κ3) is 4.92. The molecule has 0 saturated heterocycles. The number of hydrogen-bond donors (Lipinski definition) is 2. The zero-order chi connectivity index (χ0) is 16.0. The molecule has 6 heteroatoms. The van der Waals surface area contributed by atoms with Gasteiger partial charge in [-0.3, -0.25) is 4.79 Å². The Hall–Kier alpha value is -2.34. The van der Waals surface area contributed by atoms with Gasteiger partial charge in [0.2, 0.25) is 0 Å². The maximum Gasteiger partial charge on any atom is 0.330 e. The molecule has 1 aromatic rings. The van der Waals surface area contributed by atoms with E-state index in [1.807, 2.05) is 0 Å². The Bertz CT molecular complexity index is 542. The molecule has 0 radical (unpaired) electrons. The zero-order valence-corrected chi connectivity index (χ0v) is 12.0. The molecular weight excluding hydrogens is 276 g/mol. The van der Waals surface area contributed by atoms with Crippen LogP contribution in [0.25, 0.3) is 0 Å². The van der Waals surface area contributed by atoms with E-state index in [4.69, 9.17) is 9.47 Å². The summed E-state index contributed by atoms with van der Waals surface area (Å²) in [6.45, 7) is 6.07. The molecule has 0 bridgehead atoms. The minimum Gasteiger partial charge on any atom is -0.507 e. The first-order valence-corrected chi connectivity index (χ1v) is 6.28. The Morgan fingerprint density at radius 2 is 2.00 bits per heavy atom. The summed E-state index contributed by atoms with van der Waals surface area (Å²) in [6.07, 6.45) is 1.04. The van der Waals surface area contributed by atoms with E-state index >= 15 is 0 Å². The molecule has 0 amide bonds. The molecule has 21 heavy (non-hydrogen) atoms. The third-order valence-corrected chi connectivity index (χ3v) is 2.53. The van der Waals surface area contributed by atoms with Gasteiger partial charge in [0.05, 0.1) is 5.56 Å². The Kier molecular flexibility index (Phi) is 5.49. The van der Waals surface area contributed by atoms with E-state index in [9.17, 15) is 19.8 Å². The number of esters is 1. The van der Waals surface area contributed by atoms with E-state index in [0.717, 1.165) is 6.08 Å². The molecule has 0 aliphatic heterocycles. The van der Waals surface area contributed by atoms with Gasteiger partial charge >= 0.3 is 5.97 Å². The number of carbonyl (C=O) groups excluding carboxylic acids is 2. The van der Waals surface area contributed by atoms with Gasteiger partial charge in [-0.2, -0.15) is 0 Å². The maximum atomic E-state index is 11.8. The van der Waals surface area contributed by atoms with Crippen molar-refractivity contribution in [1.29, 1.82) is 0 Å². The van der Waals surface area contributed by atoms with Gasteiger partial charge in [-0.1, -0.05) is 6.58 Å². The first kappa shape index (κ1) is 16.7. The molecule has 0 fully saturated rings. The summed E-state index contributed by atoms with van der Waals surface area (Å²) in [5.41, 5.74) is -1.56. The second kappa shape index (κ2) is 6.90. The number of ether oxygens (including phenoxy) is 2. The SMILES string of the molecule is C=CC(=O)OCCOc1ccc(C(=O)C(C)(C)O)c(O)c1. The fourth-order valence-electron chi connectivity index (χ4n) is 1.48. The van der Waals surface area contributed by atoms with Crippen LogP contribution in [0.4, 0.5) is 0 Å². The van der Waals surface area contributed by atoms with Gasteiger partial charge in [0.1, 0.15) is 30.3 Å². The molecule has 1 rings (SSSR count). The first-order valence-electron chi connectivity index (χ1n) is 6.28. The molecule has 6 nitrogen and oxygen atoms in total. The molecule has 0 aliphatic carbocycles. The van der Waals surface area contributed by atoms with E-state index in [1.165, 1.54) is 32.0 Å². The quantitative estimate of drug-likeness (QED) is 0.342. The van der Waals surface area contributed by atoms with Gasteiger partial charge in [0.25, 0.3) is 0 Å². The number of phenolic OH excluding ortho intramolecular Hbond substituents is 1. The summed E-state index contributed by atoms with van der Waals surface area (Å²) in [7, 11) is 0. The number of phenols is 1. The summed E-state index contributed by atoms with van der Waals surface area (Å²) in [5, 5.41) is 19.4. The average molecular weight is 294 g/mol. The van der Waals surface area contributed by atoms with Crippen LogP contribution >= 0.6 is 0 Å². The highest BCUT2D eigenvalue weighted by Gasteiger charge is 2.27. The van der Waals surface area contributed by atoms with E-state index in [-0.39, 0.29) is 24.5 Å². The van der Waals surface area contributed by atoms with Gasteiger partial charge < -0.3 is 19.7 Å². The van der Waals surface area contributed by atoms with Crippen molar-refractivity contribution in [3.63, 3.8) is 0 Å². The minimum atomic E-state index is -1.57. The van der Waals surface area contributed by atoms with Crippen LogP contribution in [0.3, 0.4) is 0 Å². The number of hydrogen-bond acceptors (Lipinski definition) is 6. The van der Waals surface area contributed by atoms with E-state index in [1.54, 1.807) is 0 Å². The van der Waals surface area contributed by atoms with Gasteiger partial charge in [0, 0.05) is 12.1 Å². The standard InChI is InChI=1S/C15H18O6/c1-4-13(17)21-8-7-20-10-5-6-11(12(16)9-10)14(18)15(2,3)19/h4-6,9,16,19H,1,7-8H2,2-3H3. The molecule has 0 aliphatic rings. The molecule has 114 valence electrons. The van der Waals surface area contributed by atoms with Gasteiger partial charge in [-0.25, -0.2) is 4.79 Å². The highest BCUT2D eigenvalue weighted by molar-refractivity contribution is 6.03. The zero-order valence-electron chi connectivity index (χ0n) is 12.0. The van der Waals surface area contributed by atoms with Crippen LogP contribution in [-0.4, -0.2) is 40.8 Å². The average Bonchev–Trinajstić information content (AvgIpc) is 2.41. The highest BCUT2D eigenvalue weighted by Crippen LogP contribution is 2.26. The largest absolute Gasteiger partial charge is 0.507 e. The molecule has 0 unspecified atom stereocenters. The number of aromatic hydroxyl groups is 1. The third-order valence-electron chi connectivity index (χ3n) is 2.53. The second-order valence-electron chi connectivity index (χ2n) is 4.79. The molecule has 0 atom stereocenters. The lowest BCUT2D eigenvalue weighted by molar-refractivity contribution is -0.138. The summed E-state index contributed by atoms with van der Waals surface area (Å²) in [4.78, 5) is 22.6. The molecular formula is C15H18O6. The predicted molar refractivity (Wildman–Crippen MR) is 75.4 cm³/mol. The first-order chi connectivity index (χ1) is 9.75. The van der Waals surface area contributed by atoms with Crippen LogP contribution in [0.2, 0.25) is 0 Å². The Morgan fingerprint density at radius 1 is 1.33 bits per heavy atom. The lowest BCUT2D eigenvalue weighted by atomic mass is 9.96. The number of carbonyl (C=O) groups is 2. The van der Waals surface area contributed by atoms with Crippen LogP contribution < -0.4 is 4.74 Å². The monoisotopic (exact) mass is 294 g/mol. The van der Waals surface area contributed by atoms with Crippen molar-refractivity contribution in [3.8, 4) is 11.5 Å². The van der Waals surface area contributed by atoms with E-state index in [2.05, 4.69) is 6.58 Å². The Morgan fingerprint density at radius 3 is 2.52 bits per heavy atom. The van der Waals surface area contributed by atoms with Gasteiger partial charge in [0.15, 0.2) is 5.78 Å². The van der Waals surface area contributed by atoms with Gasteiger partial charge in [-0.15, -0.1) is 0 Å². The smallest absolute Gasteiger partial charge is 0.330 e. The minimum absolute atomic E-state index is 0.00735. The molecule has 0 heterocycles. The van der Waals surface area contributed by atoms with Crippen molar-refractivity contribution in [2.45, 2.75) is 19.4 Å². The van der Waals surface area contributed by atoms with Crippen molar-refractivity contribution >= 4 is 11.8 Å². The van der Waals surface area contributed by atoms with Crippen LogP contribution in [0.5, 0.6) is 11.5 Å². The predicted octanol–water partition coefficient (Wildman–Crippen LogP) is 1.45. The molecule has 0 spiro atoms. The molecule has 2 N–H and O–H groups in total. The normalized spacial score (nSPS) is 10.8. The van der Waals surface area contributed by atoms with Crippen molar-refractivity contribution in [2.24, 2.45) is 0 Å². The fourth-order valence-corrected chi connectivity index (χ4v) is 1.48. The van der Waals surface area contributed by atoms with Crippen LogP contribution in [0.1, 0.15) is 24.2 Å². The van der Waals surface area contributed by atoms with Crippen molar-refractivity contribution in [2.75, 3.05) is 13.2 Å². The number of aliphatic hydroxyl groups is 1. The number of Topliss-reactive ketones (excluding diaryl/α,β-unsaturated/α-hetero) is 1. The van der Waals surface area contributed by atoms with Crippen molar-refractivity contribution in [1.82, 2.24) is 0 Å². The number of ketones is 1. The number of rotatable bonds is 7. The van der Waals surface area contributed by atoms with E-state index in [0.29, 0.717) is 5.75 Å². The van der Waals surface area contributed by atoms with Crippen LogP contribution in [0, 0.1) is 0 Å². The second-order valence-corrected chi connectivity index (χ2v) is 4.79. The lowest BCUT2D eigenvalue weighted by Crippen LogP contribution is -2.31. The molecule has 1 aromatic carbocycles. The van der Waals surface area contributed by atoms with Crippen LogP contribution in [-0.2, 0) is 9.53 Å². The summed E-state index contributed by atoms with van der Waals surface area (Å²) >= 11 is 0. The topological polar surface area (TPSA) is 93.1 Å². The summed E-state index contributed by atoms with van der Waals surface area (Å²) < 4.78 is 9.97. The Balaban J connectivity index is 2.64. The van der Waals surface area contributed by atoms with Crippen LogP contribution in [0.15, 0.2) is 30.9 Å². The van der Waals surface area contributed by atoms with Crippen molar-refractivity contribution < 1.29 is 29.3 Å². The van der Waals surface area contributed by atoms with Gasteiger partial charge in [-0.05, 0) is 26.0 Å². The summed E-state index contributed by atoms with van der Waals surface area (Å²) in [5.74, 6) is -1.11. The lowest BCUT2D eigenvalue weighted by Gasteiger charge is -2.16. The highest BCUT2D eigenvalue weighted by atomic mass is 16.6. The molecule has 0 aromatic heterocycles. The number of benzene rings is 1. The Labute approximate surface area is 122 Å². The van der Waals surface area contributed by atoms with Crippen molar-refractivity contribution in [3.05, 3.63) is 36.4 Å². The van der Waals surface area contributed by atoms with E-state index < -0.39 is 17.4 Å². The summed E-state index contributed by atoms with van der Waals surface area (Å²) in [6, 6.07) is 4.10.